The number of aliphatic imine (C=N–C) groups is 2. The van der Waals surface area contributed by atoms with Gasteiger partial charge in [0, 0.05) is 71.6 Å². The van der Waals surface area contributed by atoms with E-state index in [1.54, 1.807) is 6.20 Å². The van der Waals surface area contributed by atoms with Crippen LogP contribution in [0.5, 0.6) is 0 Å². The summed E-state index contributed by atoms with van der Waals surface area (Å²) in [6, 6.07) is 0. The fourth-order valence-corrected chi connectivity index (χ4v) is 0.546. The molecular weight excluding hydrogens is 290 g/mol. The molecule has 11 heavy (non-hydrogen) atoms. The van der Waals surface area contributed by atoms with Gasteiger partial charge in [-0.25, -0.2) is 0 Å². The summed E-state index contributed by atoms with van der Waals surface area (Å²) >= 11 is 0. The molecule has 0 N–H and O–H groups in total. The van der Waals surface area contributed by atoms with Gasteiger partial charge in [-0.2, -0.15) is 0 Å². The maximum atomic E-state index is 4.98. The Morgan fingerprint density at radius 1 is 1.64 bits per heavy atom. The van der Waals surface area contributed by atoms with Gasteiger partial charge in [-0.3, -0.25) is 4.99 Å². The van der Waals surface area contributed by atoms with E-state index in [2.05, 4.69) is 16.2 Å². The molecule has 4 heteroatoms. The first-order chi connectivity index (χ1) is 4.43. The van der Waals surface area contributed by atoms with E-state index < -0.39 is 0 Å². The van der Waals surface area contributed by atoms with Crippen molar-refractivity contribution in [1.82, 2.24) is 0 Å². The van der Waals surface area contributed by atoms with Crippen molar-refractivity contribution in [2.45, 2.75) is 6.42 Å². The first-order valence-corrected chi connectivity index (χ1v) is 2.64. The molecular formula is C7H6N2Y2-2. The van der Waals surface area contributed by atoms with Crippen molar-refractivity contribution < 1.29 is 65.4 Å². The first-order valence-electron chi connectivity index (χ1n) is 2.64. The second-order valence-corrected chi connectivity index (χ2v) is 1.55. The summed E-state index contributed by atoms with van der Waals surface area (Å²) in [5.41, 5.74) is 0.830. The molecule has 0 aromatic carbocycles. The molecule has 2 radical (unpaired) electrons. The fourth-order valence-electron chi connectivity index (χ4n) is 0.546. The van der Waals surface area contributed by atoms with Gasteiger partial charge in [-0.1, -0.05) is 6.08 Å². The van der Waals surface area contributed by atoms with E-state index >= 15 is 0 Å². The van der Waals surface area contributed by atoms with E-state index in [1.165, 1.54) is 6.20 Å². The molecule has 0 atom stereocenters. The zero-order valence-electron chi connectivity index (χ0n) is 6.07. The van der Waals surface area contributed by atoms with Gasteiger partial charge in [0.25, 0.3) is 0 Å². The van der Waals surface area contributed by atoms with Gasteiger partial charge >= 0.3 is 0 Å². The Balaban J connectivity index is 0. The van der Waals surface area contributed by atoms with Crippen molar-refractivity contribution in [3.8, 4) is 0 Å². The molecule has 0 unspecified atom stereocenters. The second-order valence-electron chi connectivity index (χ2n) is 1.55. The Morgan fingerprint density at radius 3 is 2.82 bits per heavy atom. The average Bonchev–Trinajstić information content (AvgIpc) is 2.34. The molecule has 0 bridgehead atoms. The normalized spacial score (nSPS) is 13.6. The molecule has 0 fully saturated rings. The molecule has 1 heterocycles. The van der Waals surface area contributed by atoms with E-state index in [-0.39, 0.29) is 65.4 Å². The first kappa shape index (κ1) is 14.5. The van der Waals surface area contributed by atoms with Crippen molar-refractivity contribution in [2.75, 3.05) is 0 Å². The maximum Gasteiger partial charge on any atom is 0.0216 e. The quantitative estimate of drug-likeness (QED) is 0.541. The Kier molecular flexibility index (Phi) is 12.1. The van der Waals surface area contributed by atoms with Crippen LogP contribution in [0.2, 0.25) is 0 Å². The van der Waals surface area contributed by atoms with Crippen LogP contribution >= 0.6 is 0 Å². The van der Waals surface area contributed by atoms with E-state index in [0.29, 0.717) is 0 Å². The molecule has 1 aliphatic heterocycles. The van der Waals surface area contributed by atoms with Gasteiger partial charge < -0.3 is 17.8 Å². The Bertz CT molecular complexity index is 195. The number of hydrogen-bond acceptors (Lipinski definition) is 2. The van der Waals surface area contributed by atoms with E-state index in [9.17, 15) is 0 Å². The third-order valence-corrected chi connectivity index (χ3v) is 0.915. The molecule has 0 saturated carbocycles. The van der Waals surface area contributed by atoms with Crippen LogP contribution in [-0.4, -0.2) is 11.9 Å². The smallest absolute Gasteiger partial charge is 0.0216 e. The predicted octanol–water partition coefficient (Wildman–Crippen LogP) is 1.23. The minimum atomic E-state index is 0. The van der Waals surface area contributed by atoms with Crippen LogP contribution in [0, 0.1) is 6.58 Å². The molecule has 0 aromatic rings. The summed E-state index contributed by atoms with van der Waals surface area (Å²) in [5.74, 6) is 0. The molecule has 0 saturated heterocycles. The largest absolute Gasteiger partial charge is 0.601 e. The van der Waals surface area contributed by atoms with Gasteiger partial charge in [0.05, 0.1) is 0 Å². The third-order valence-electron chi connectivity index (χ3n) is 0.915. The average molecular weight is 296 g/mol. The zero-order valence-corrected chi connectivity index (χ0v) is 11.7. The van der Waals surface area contributed by atoms with E-state index in [4.69, 9.17) is 6.58 Å². The van der Waals surface area contributed by atoms with Gasteiger partial charge in [-0.15, -0.1) is 6.21 Å². The van der Waals surface area contributed by atoms with Crippen LogP contribution in [0.25, 0.3) is 0 Å². The van der Waals surface area contributed by atoms with Crippen molar-refractivity contribution in [3.05, 3.63) is 25.1 Å². The molecule has 2 nitrogen and oxygen atoms in total. The minimum absolute atomic E-state index is 0. The molecule has 1 rings (SSSR count). The predicted molar refractivity (Wildman–Crippen MR) is 37.5 cm³/mol. The standard InChI is InChI=1S/C7H6N2.2Y/c1-2-8-6-7-4-3-5-9-7;;/h1-3,5H,4H2;;/q-2;;. The van der Waals surface area contributed by atoms with Gasteiger partial charge in [0.1, 0.15) is 0 Å². The van der Waals surface area contributed by atoms with Crippen molar-refractivity contribution >= 4 is 11.9 Å². The number of hydrogen-bond donors (Lipinski definition) is 0. The Hall–Kier alpha value is 1.03. The topological polar surface area (TPSA) is 24.7 Å². The third kappa shape index (κ3) is 6.21. The maximum absolute atomic E-state index is 4.98. The van der Waals surface area contributed by atoms with Gasteiger partial charge in [0.15, 0.2) is 0 Å². The van der Waals surface area contributed by atoms with Gasteiger partial charge in [0.2, 0.25) is 0 Å². The van der Waals surface area contributed by atoms with Crippen LogP contribution in [0.3, 0.4) is 0 Å². The monoisotopic (exact) mass is 296 g/mol. The molecule has 0 aliphatic carbocycles. The molecule has 1 aliphatic rings. The van der Waals surface area contributed by atoms with E-state index in [0.717, 1.165) is 12.1 Å². The summed E-state index contributed by atoms with van der Waals surface area (Å²) in [7, 11) is 0. The number of rotatable bonds is 2. The zero-order chi connectivity index (χ0) is 6.53. The van der Waals surface area contributed by atoms with Crippen LogP contribution in [0.1, 0.15) is 6.42 Å². The van der Waals surface area contributed by atoms with Crippen molar-refractivity contribution in [3.63, 3.8) is 0 Å². The van der Waals surface area contributed by atoms with Crippen LogP contribution in [0.15, 0.2) is 28.5 Å². The Morgan fingerprint density at radius 2 is 2.36 bits per heavy atom. The summed E-state index contributed by atoms with van der Waals surface area (Å²) in [6.07, 6.45) is 8.34. The molecule has 0 spiro atoms. The minimum Gasteiger partial charge on any atom is -0.601 e. The van der Waals surface area contributed by atoms with Gasteiger partial charge in [-0.05, 0) is 12.1 Å². The Labute approximate surface area is 117 Å². The molecule has 0 amide bonds. The SMILES string of the molecule is [CH-]=CN=[C-]C1=NC=CC1.[Y].[Y]. The summed E-state index contributed by atoms with van der Waals surface area (Å²) in [6.45, 7) is 4.98. The number of nitrogens with zero attached hydrogens (tertiary/aromatic N) is 2. The van der Waals surface area contributed by atoms with Crippen molar-refractivity contribution in [2.24, 2.45) is 9.98 Å². The molecule has 0 aromatic heterocycles. The molecule has 52 valence electrons. The fraction of sp³-hybridized carbons (Fsp3) is 0.143. The van der Waals surface area contributed by atoms with Crippen LogP contribution in [-0.2, 0) is 65.4 Å². The second kappa shape index (κ2) is 9.12. The summed E-state index contributed by atoms with van der Waals surface area (Å²) < 4.78 is 0. The summed E-state index contributed by atoms with van der Waals surface area (Å²) in [4.78, 5) is 7.51. The van der Waals surface area contributed by atoms with Crippen LogP contribution in [0.4, 0.5) is 0 Å². The van der Waals surface area contributed by atoms with Crippen molar-refractivity contribution in [1.29, 1.82) is 0 Å². The number of allylic oxidation sites excluding steroid dienone is 1. The summed E-state index contributed by atoms with van der Waals surface area (Å²) in [5, 5.41) is 0. The van der Waals surface area contributed by atoms with Crippen LogP contribution < -0.4 is 0 Å². The van der Waals surface area contributed by atoms with E-state index in [1.807, 2.05) is 6.08 Å².